The minimum absolute atomic E-state index is 0.182. The standard InChI is InChI=1S/C15H14N4O/c1-20-10-7-5-9(6-8-10)11-3-2-4-12-13(11)14(16)19-15(17)18-12/h2-8H,1H3,(H4,16,17,18,19). The van der Waals surface area contributed by atoms with Crippen LogP contribution < -0.4 is 16.2 Å². The summed E-state index contributed by atoms with van der Waals surface area (Å²) in [5.74, 6) is 1.38. The predicted molar refractivity (Wildman–Crippen MR) is 80.4 cm³/mol. The Morgan fingerprint density at radius 1 is 0.950 bits per heavy atom. The SMILES string of the molecule is COc1ccc(-c2cccc3nc(N)nc(N)c23)cc1. The average Bonchev–Trinajstić information content (AvgIpc) is 2.46. The maximum absolute atomic E-state index is 6.00. The van der Waals surface area contributed by atoms with E-state index in [-0.39, 0.29) is 5.95 Å². The first-order valence-electron chi connectivity index (χ1n) is 6.15. The van der Waals surface area contributed by atoms with Gasteiger partial charge in [0.15, 0.2) is 0 Å². The highest BCUT2D eigenvalue weighted by Gasteiger charge is 2.10. The fourth-order valence-corrected chi connectivity index (χ4v) is 2.24. The highest BCUT2D eigenvalue weighted by atomic mass is 16.5. The summed E-state index contributed by atoms with van der Waals surface area (Å²) in [6.07, 6.45) is 0. The molecule has 0 spiro atoms. The summed E-state index contributed by atoms with van der Waals surface area (Å²) in [6.45, 7) is 0. The number of rotatable bonds is 2. The number of nitrogen functional groups attached to an aromatic ring is 2. The molecule has 1 heterocycles. The van der Waals surface area contributed by atoms with Crippen LogP contribution in [0.3, 0.4) is 0 Å². The Bertz CT molecular complexity index is 769. The lowest BCUT2D eigenvalue weighted by Gasteiger charge is -2.09. The van der Waals surface area contributed by atoms with E-state index in [9.17, 15) is 0 Å². The minimum Gasteiger partial charge on any atom is -0.497 e. The van der Waals surface area contributed by atoms with Gasteiger partial charge in [0.1, 0.15) is 11.6 Å². The van der Waals surface area contributed by atoms with E-state index in [1.165, 1.54) is 0 Å². The van der Waals surface area contributed by atoms with Crippen molar-refractivity contribution in [1.29, 1.82) is 0 Å². The van der Waals surface area contributed by atoms with Crippen molar-refractivity contribution in [3.63, 3.8) is 0 Å². The highest BCUT2D eigenvalue weighted by Crippen LogP contribution is 2.32. The topological polar surface area (TPSA) is 87.0 Å². The molecule has 0 saturated heterocycles. The van der Waals surface area contributed by atoms with Crippen LogP contribution in [0.2, 0.25) is 0 Å². The van der Waals surface area contributed by atoms with Crippen molar-refractivity contribution < 1.29 is 4.74 Å². The first kappa shape index (κ1) is 12.2. The Morgan fingerprint density at radius 2 is 1.70 bits per heavy atom. The minimum atomic E-state index is 0.182. The molecular weight excluding hydrogens is 252 g/mol. The van der Waals surface area contributed by atoms with Gasteiger partial charge in [0, 0.05) is 0 Å². The maximum Gasteiger partial charge on any atom is 0.222 e. The molecule has 20 heavy (non-hydrogen) atoms. The van der Waals surface area contributed by atoms with E-state index in [4.69, 9.17) is 16.2 Å². The number of nitrogens with zero attached hydrogens (tertiary/aromatic N) is 2. The molecule has 0 atom stereocenters. The zero-order valence-electron chi connectivity index (χ0n) is 11.0. The molecule has 0 amide bonds. The third-order valence-electron chi connectivity index (χ3n) is 3.17. The number of nitrogens with two attached hydrogens (primary N) is 2. The van der Waals surface area contributed by atoms with Gasteiger partial charge in [-0.05, 0) is 29.3 Å². The molecule has 100 valence electrons. The fraction of sp³-hybridized carbons (Fsp3) is 0.0667. The van der Waals surface area contributed by atoms with Crippen molar-refractivity contribution in [1.82, 2.24) is 9.97 Å². The van der Waals surface area contributed by atoms with Crippen LogP contribution in [0.15, 0.2) is 42.5 Å². The number of aromatic nitrogens is 2. The van der Waals surface area contributed by atoms with Crippen LogP contribution >= 0.6 is 0 Å². The van der Waals surface area contributed by atoms with Gasteiger partial charge in [-0.1, -0.05) is 24.3 Å². The number of ether oxygens (including phenoxy) is 1. The Labute approximate surface area is 116 Å². The fourth-order valence-electron chi connectivity index (χ4n) is 2.24. The van der Waals surface area contributed by atoms with Crippen LogP contribution in [-0.4, -0.2) is 17.1 Å². The zero-order chi connectivity index (χ0) is 14.1. The van der Waals surface area contributed by atoms with Crippen LogP contribution in [0.4, 0.5) is 11.8 Å². The lowest BCUT2D eigenvalue weighted by molar-refractivity contribution is 0.415. The summed E-state index contributed by atoms with van der Waals surface area (Å²) in [5, 5.41) is 0.812. The second-order valence-electron chi connectivity index (χ2n) is 4.40. The third kappa shape index (κ3) is 1.99. The number of anilines is 2. The zero-order valence-corrected chi connectivity index (χ0v) is 11.0. The number of fused-ring (bicyclic) bond motifs is 1. The molecule has 0 fully saturated rings. The second kappa shape index (κ2) is 4.70. The van der Waals surface area contributed by atoms with Crippen molar-refractivity contribution in [2.24, 2.45) is 0 Å². The van der Waals surface area contributed by atoms with E-state index >= 15 is 0 Å². The Hall–Kier alpha value is -2.82. The molecule has 4 N–H and O–H groups in total. The van der Waals surface area contributed by atoms with Crippen LogP contribution in [0.5, 0.6) is 5.75 Å². The van der Waals surface area contributed by atoms with Crippen molar-refractivity contribution >= 4 is 22.7 Å². The summed E-state index contributed by atoms with van der Waals surface area (Å²) in [7, 11) is 1.64. The van der Waals surface area contributed by atoms with Gasteiger partial charge in [0.25, 0.3) is 0 Å². The third-order valence-corrected chi connectivity index (χ3v) is 3.17. The average molecular weight is 266 g/mol. The van der Waals surface area contributed by atoms with Gasteiger partial charge in [-0.2, -0.15) is 4.98 Å². The van der Waals surface area contributed by atoms with Gasteiger partial charge in [-0.15, -0.1) is 0 Å². The molecule has 5 nitrogen and oxygen atoms in total. The first-order valence-corrected chi connectivity index (χ1v) is 6.15. The van der Waals surface area contributed by atoms with Crippen LogP contribution in [0.1, 0.15) is 0 Å². The number of hydrogen-bond donors (Lipinski definition) is 2. The van der Waals surface area contributed by atoms with Crippen LogP contribution in [-0.2, 0) is 0 Å². The van der Waals surface area contributed by atoms with Gasteiger partial charge in [-0.3, -0.25) is 0 Å². The molecule has 0 aliphatic rings. The lowest BCUT2D eigenvalue weighted by atomic mass is 10.0. The summed E-state index contributed by atoms with van der Waals surface area (Å²) >= 11 is 0. The maximum atomic E-state index is 6.00. The molecule has 0 bridgehead atoms. The quantitative estimate of drug-likeness (QED) is 0.744. The summed E-state index contributed by atoms with van der Waals surface area (Å²) in [5.41, 5.74) is 14.4. The number of benzene rings is 2. The van der Waals surface area contributed by atoms with Crippen molar-refractivity contribution in [2.45, 2.75) is 0 Å². The van der Waals surface area contributed by atoms with Crippen molar-refractivity contribution in [3.8, 4) is 16.9 Å². The van der Waals surface area contributed by atoms with Gasteiger partial charge in [0.2, 0.25) is 5.95 Å². The first-order chi connectivity index (χ1) is 9.69. The smallest absolute Gasteiger partial charge is 0.222 e. The molecule has 1 aromatic heterocycles. The highest BCUT2D eigenvalue weighted by molar-refractivity contribution is 6.01. The van der Waals surface area contributed by atoms with E-state index in [0.717, 1.165) is 27.8 Å². The number of hydrogen-bond acceptors (Lipinski definition) is 5. The summed E-state index contributed by atoms with van der Waals surface area (Å²) < 4.78 is 5.17. The molecule has 0 saturated carbocycles. The Balaban J connectivity index is 2.25. The molecule has 2 aromatic carbocycles. The molecular formula is C15H14N4O. The van der Waals surface area contributed by atoms with Gasteiger partial charge in [-0.25, -0.2) is 4.98 Å². The summed E-state index contributed by atoms with van der Waals surface area (Å²) in [4.78, 5) is 8.26. The van der Waals surface area contributed by atoms with Gasteiger partial charge < -0.3 is 16.2 Å². The number of methoxy groups -OCH3 is 1. The molecule has 3 aromatic rings. The van der Waals surface area contributed by atoms with E-state index < -0.39 is 0 Å². The largest absolute Gasteiger partial charge is 0.497 e. The van der Waals surface area contributed by atoms with E-state index in [1.807, 2.05) is 42.5 Å². The Morgan fingerprint density at radius 3 is 2.40 bits per heavy atom. The van der Waals surface area contributed by atoms with Crippen LogP contribution in [0.25, 0.3) is 22.0 Å². The van der Waals surface area contributed by atoms with Crippen LogP contribution in [0, 0.1) is 0 Å². The van der Waals surface area contributed by atoms with Gasteiger partial charge >= 0.3 is 0 Å². The van der Waals surface area contributed by atoms with E-state index in [2.05, 4.69) is 9.97 Å². The van der Waals surface area contributed by atoms with Crippen molar-refractivity contribution in [2.75, 3.05) is 18.6 Å². The summed E-state index contributed by atoms with van der Waals surface area (Å²) in [6, 6.07) is 13.5. The molecule has 3 rings (SSSR count). The molecule has 0 aliphatic carbocycles. The molecule has 5 heteroatoms. The molecule has 0 unspecified atom stereocenters. The van der Waals surface area contributed by atoms with Gasteiger partial charge in [0.05, 0.1) is 18.0 Å². The molecule has 0 aliphatic heterocycles. The van der Waals surface area contributed by atoms with Crippen molar-refractivity contribution in [3.05, 3.63) is 42.5 Å². The van der Waals surface area contributed by atoms with E-state index in [1.54, 1.807) is 7.11 Å². The lowest BCUT2D eigenvalue weighted by Crippen LogP contribution is -2.01. The Kier molecular flexibility index (Phi) is 2.87. The second-order valence-corrected chi connectivity index (χ2v) is 4.40. The monoisotopic (exact) mass is 266 g/mol. The normalized spacial score (nSPS) is 10.7. The predicted octanol–water partition coefficient (Wildman–Crippen LogP) is 2.47. The van der Waals surface area contributed by atoms with E-state index in [0.29, 0.717) is 5.82 Å². The molecule has 0 radical (unpaired) electrons.